The first-order valence-corrected chi connectivity index (χ1v) is 9.15. The molecule has 6 heteroatoms. The molecule has 1 aromatic heterocycles. The molecular formula is C17H17NO3S2. The van der Waals surface area contributed by atoms with Crippen molar-refractivity contribution in [1.29, 1.82) is 0 Å². The highest BCUT2D eigenvalue weighted by molar-refractivity contribution is 8.00. The summed E-state index contributed by atoms with van der Waals surface area (Å²) in [5.41, 5.74) is 7.13. The van der Waals surface area contributed by atoms with Crippen molar-refractivity contribution in [2.24, 2.45) is 0 Å². The Kier molecular flexibility index (Phi) is 4.73. The molecule has 0 radical (unpaired) electrons. The number of fused-ring (bicyclic) bond motifs is 1. The van der Waals surface area contributed by atoms with E-state index in [2.05, 4.69) is 0 Å². The molecule has 0 fully saturated rings. The summed E-state index contributed by atoms with van der Waals surface area (Å²) >= 11 is 2.78. The van der Waals surface area contributed by atoms with Gasteiger partial charge in [-0.3, -0.25) is 4.79 Å². The lowest BCUT2D eigenvalue weighted by molar-refractivity contribution is 0.0527. The van der Waals surface area contributed by atoms with Crippen LogP contribution in [-0.2, 0) is 11.2 Å². The van der Waals surface area contributed by atoms with Gasteiger partial charge in [-0.05, 0) is 37.5 Å². The van der Waals surface area contributed by atoms with Gasteiger partial charge in [-0.25, -0.2) is 4.79 Å². The van der Waals surface area contributed by atoms with E-state index in [9.17, 15) is 9.59 Å². The number of nitrogens with two attached hydrogens (primary N) is 1. The number of carbonyl (C=O) groups is 2. The predicted octanol–water partition coefficient (Wildman–Crippen LogP) is 3.80. The lowest BCUT2D eigenvalue weighted by Gasteiger charge is -2.20. The van der Waals surface area contributed by atoms with Gasteiger partial charge >= 0.3 is 5.97 Å². The zero-order valence-electron chi connectivity index (χ0n) is 12.7. The number of ketones is 1. The Morgan fingerprint density at radius 2 is 2.13 bits per heavy atom. The Morgan fingerprint density at radius 1 is 1.39 bits per heavy atom. The van der Waals surface area contributed by atoms with E-state index in [0.29, 0.717) is 34.9 Å². The topological polar surface area (TPSA) is 69.4 Å². The molecule has 0 aliphatic heterocycles. The number of hydrogen-bond donors (Lipinski definition) is 1. The second-order valence-electron chi connectivity index (χ2n) is 5.19. The van der Waals surface area contributed by atoms with Crippen LogP contribution in [0.4, 0.5) is 5.00 Å². The highest BCUT2D eigenvalue weighted by Crippen LogP contribution is 2.41. The molecule has 0 bridgehead atoms. The standard InChI is InChI=1S/C17H17NO3S2/c1-2-21-17(20)13-11-8-9-12(14(19)15(11)23-16(13)18)22-10-6-4-3-5-7-10/h3-7,12H,2,8-9,18H2,1H3. The monoisotopic (exact) mass is 347 g/mol. The largest absolute Gasteiger partial charge is 0.462 e. The smallest absolute Gasteiger partial charge is 0.341 e. The maximum Gasteiger partial charge on any atom is 0.341 e. The van der Waals surface area contributed by atoms with Crippen molar-refractivity contribution in [1.82, 2.24) is 0 Å². The van der Waals surface area contributed by atoms with Gasteiger partial charge in [-0.1, -0.05) is 18.2 Å². The Morgan fingerprint density at radius 3 is 2.83 bits per heavy atom. The maximum atomic E-state index is 12.7. The molecule has 120 valence electrons. The van der Waals surface area contributed by atoms with Gasteiger partial charge in [0.05, 0.1) is 22.3 Å². The van der Waals surface area contributed by atoms with E-state index in [-0.39, 0.29) is 11.0 Å². The van der Waals surface area contributed by atoms with E-state index < -0.39 is 5.97 Å². The van der Waals surface area contributed by atoms with Crippen LogP contribution in [0, 0.1) is 0 Å². The zero-order valence-corrected chi connectivity index (χ0v) is 14.3. The molecule has 1 aromatic carbocycles. The number of carbonyl (C=O) groups excluding carboxylic acids is 2. The molecule has 1 unspecified atom stereocenters. The third-order valence-electron chi connectivity index (χ3n) is 3.71. The van der Waals surface area contributed by atoms with E-state index in [1.807, 2.05) is 30.3 Å². The molecule has 0 saturated heterocycles. The normalized spacial score (nSPS) is 16.9. The Bertz CT molecular complexity index is 740. The summed E-state index contributed by atoms with van der Waals surface area (Å²) in [6, 6.07) is 9.88. The first kappa shape index (κ1) is 16.1. The van der Waals surface area contributed by atoms with Crippen molar-refractivity contribution in [2.75, 3.05) is 12.3 Å². The second-order valence-corrected chi connectivity index (χ2v) is 7.52. The molecule has 4 nitrogen and oxygen atoms in total. The number of Topliss-reactive ketones (excluding diaryl/α,β-unsaturated/α-hetero) is 1. The number of esters is 1. The van der Waals surface area contributed by atoms with E-state index in [1.165, 1.54) is 11.3 Å². The van der Waals surface area contributed by atoms with Crippen LogP contribution in [0.2, 0.25) is 0 Å². The SMILES string of the molecule is CCOC(=O)c1c(N)sc2c1CCC(Sc1ccccc1)C2=O. The number of rotatable bonds is 4. The van der Waals surface area contributed by atoms with Crippen LogP contribution in [0.5, 0.6) is 0 Å². The van der Waals surface area contributed by atoms with Gasteiger partial charge in [-0.2, -0.15) is 0 Å². The molecular weight excluding hydrogens is 330 g/mol. The number of anilines is 1. The molecule has 1 aliphatic rings. The van der Waals surface area contributed by atoms with E-state index in [1.54, 1.807) is 18.7 Å². The summed E-state index contributed by atoms with van der Waals surface area (Å²) in [6.45, 7) is 2.05. The van der Waals surface area contributed by atoms with Gasteiger partial charge in [0.1, 0.15) is 5.00 Å². The fourth-order valence-electron chi connectivity index (χ4n) is 2.68. The highest BCUT2D eigenvalue weighted by atomic mass is 32.2. The molecule has 3 rings (SSSR count). The first-order valence-electron chi connectivity index (χ1n) is 7.46. The Hall–Kier alpha value is -1.79. The Balaban J connectivity index is 1.86. The number of ether oxygens (including phenoxy) is 1. The molecule has 2 aromatic rings. The van der Waals surface area contributed by atoms with E-state index in [0.717, 1.165) is 10.5 Å². The fraction of sp³-hybridized carbons (Fsp3) is 0.294. The minimum absolute atomic E-state index is 0.0624. The molecule has 0 amide bonds. The summed E-state index contributed by atoms with van der Waals surface area (Å²) in [5, 5.41) is 0.255. The van der Waals surface area contributed by atoms with Gasteiger partial charge in [0.15, 0.2) is 5.78 Å². The lowest BCUT2D eigenvalue weighted by Crippen LogP contribution is -2.24. The van der Waals surface area contributed by atoms with Crippen LogP contribution in [0.15, 0.2) is 35.2 Å². The third kappa shape index (κ3) is 3.14. The van der Waals surface area contributed by atoms with Crippen molar-refractivity contribution >= 4 is 39.9 Å². The van der Waals surface area contributed by atoms with Crippen LogP contribution in [0.1, 0.15) is 38.9 Å². The van der Waals surface area contributed by atoms with Crippen LogP contribution in [0.25, 0.3) is 0 Å². The van der Waals surface area contributed by atoms with Crippen molar-refractivity contribution in [2.45, 2.75) is 29.9 Å². The van der Waals surface area contributed by atoms with E-state index >= 15 is 0 Å². The van der Waals surface area contributed by atoms with Crippen molar-refractivity contribution < 1.29 is 14.3 Å². The minimum atomic E-state index is -0.426. The van der Waals surface area contributed by atoms with Crippen LogP contribution in [0.3, 0.4) is 0 Å². The molecule has 23 heavy (non-hydrogen) atoms. The number of thiophene rings is 1. The molecule has 0 spiro atoms. The summed E-state index contributed by atoms with van der Waals surface area (Å²) in [7, 11) is 0. The predicted molar refractivity (Wildman–Crippen MR) is 93.4 cm³/mol. The minimum Gasteiger partial charge on any atom is -0.462 e. The summed E-state index contributed by atoms with van der Waals surface area (Å²) in [6.07, 6.45) is 1.38. The van der Waals surface area contributed by atoms with Crippen LogP contribution < -0.4 is 5.73 Å². The number of thioether (sulfide) groups is 1. The quantitative estimate of drug-likeness (QED) is 0.852. The molecule has 1 atom stereocenters. The van der Waals surface area contributed by atoms with Crippen molar-refractivity contribution in [3.8, 4) is 0 Å². The zero-order chi connectivity index (χ0) is 16.4. The first-order chi connectivity index (χ1) is 11.1. The van der Waals surface area contributed by atoms with Crippen LogP contribution in [-0.4, -0.2) is 23.6 Å². The fourth-order valence-corrected chi connectivity index (χ4v) is 4.95. The molecule has 1 aliphatic carbocycles. The summed E-state index contributed by atoms with van der Waals surface area (Å²) in [5.74, 6) is -0.364. The van der Waals surface area contributed by atoms with Crippen molar-refractivity contribution in [3.63, 3.8) is 0 Å². The lowest BCUT2D eigenvalue weighted by atomic mass is 9.94. The van der Waals surface area contributed by atoms with Gasteiger partial charge in [0, 0.05) is 4.90 Å². The van der Waals surface area contributed by atoms with Crippen molar-refractivity contribution in [3.05, 3.63) is 46.3 Å². The molecule has 2 N–H and O–H groups in total. The highest BCUT2D eigenvalue weighted by Gasteiger charge is 2.35. The average molecular weight is 347 g/mol. The van der Waals surface area contributed by atoms with Gasteiger partial charge in [-0.15, -0.1) is 23.1 Å². The van der Waals surface area contributed by atoms with E-state index in [4.69, 9.17) is 10.5 Å². The molecule has 0 saturated carbocycles. The number of benzene rings is 1. The maximum absolute atomic E-state index is 12.7. The van der Waals surface area contributed by atoms with Crippen LogP contribution >= 0.6 is 23.1 Å². The summed E-state index contributed by atoms with van der Waals surface area (Å²) < 4.78 is 5.06. The Labute approximate surface area is 143 Å². The van der Waals surface area contributed by atoms with Gasteiger partial charge in [0.2, 0.25) is 0 Å². The van der Waals surface area contributed by atoms with Gasteiger partial charge < -0.3 is 10.5 Å². The number of hydrogen-bond acceptors (Lipinski definition) is 6. The molecule has 1 heterocycles. The second kappa shape index (κ2) is 6.76. The third-order valence-corrected chi connectivity index (χ3v) is 6.06. The number of nitrogen functional groups attached to an aromatic ring is 1. The summed E-state index contributed by atoms with van der Waals surface area (Å²) in [4.78, 5) is 26.5. The average Bonchev–Trinajstić information content (AvgIpc) is 2.88. The van der Waals surface area contributed by atoms with Gasteiger partial charge in [0.25, 0.3) is 0 Å².